The van der Waals surface area contributed by atoms with Crippen molar-refractivity contribution in [2.45, 2.75) is 6.85 Å². The maximum absolute atomic E-state index is 13.3. The fraction of sp³-hybridized carbons (Fsp3) is 0.100. The number of nitrogens with zero attached hydrogens (tertiary/aromatic N) is 4. The van der Waals surface area contributed by atoms with Gasteiger partial charge >= 0.3 is 0 Å². The number of aromatic nitrogens is 3. The molecule has 27 heavy (non-hydrogen) atoms. The van der Waals surface area contributed by atoms with Gasteiger partial charge in [-0.15, -0.1) is 11.3 Å². The lowest BCUT2D eigenvalue weighted by atomic mass is 10.1. The van der Waals surface area contributed by atoms with E-state index in [0.29, 0.717) is 15.9 Å². The summed E-state index contributed by atoms with van der Waals surface area (Å²) in [5.41, 5.74) is -4.09. The number of anilines is 1. The largest absolute Gasteiger partial charge is 0.316 e. The van der Waals surface area contributed by atoms with Crippen molar-refractivity contribution in [1.82, 2.24) is 14.6 Å². The molecule has 4 aromatic rings. The molecule has 1 amide bonds. The van der Waals surface area contributed by atoms with Gasteiger partial charge in [0, 0.05) is 39.5 Å². The van der Waals surface area contributed by atoms with Crippen LogP contribution in [0, 0.1) is 0 Å². The molecule has 134 valence electrons. The van der Waals surface area contributed by atoms with Gasteiger partial charge in [-0.25, -0.2) is 9.50 Å². The molecule has 0 atom stereocenters. The van der Waals surface area contributed by atoms with Crippen LogP contribution >= 0.6 is 11.3 Å². The minimum absolute atomic E-state index is 0.354. The van der Waals surface area contributed by atoms with Crippen LogP contribution in [-0.4, -0.2) is 33.3 Å². The van der Waals surface area contributed by atoms with Crippen LogP contribution in [0.15, 0.2) is 60.0 Å². The van der Waals surface area contributed by atoms with Crippen molar-refractivity contribution in [2.24, 2.45) is 0 Å². The van der Waals surface area contributed by atoms with Crippen LogP contribution < -0.4 is 4.90 Å². The normalized spacial score (nSPS) is 20.3. The summed E-state index contributed by atoms with van der Waals surface area (Å²) in [6, 6.07) is -6.53. The highest BCUT2D eigenvalue weighted by atomic mass is 32.1. The van der Waals surface area contributed by atoms with E-state index in [1.54, 1.807) is 0 Å². The van der Waals surface area contributed by atoms with Crippen molar-refractivity contribution >= 4 is 34.4 Å². The lowest BCUT2D eigenvalue weighted by Gasteiger charge is -2.16. The van der Waals surface area contributed by atoms with Crippen LogP contribution in [0.4, 0.5) is 5.69 Å². The average molecular weight is 393 g/mol. The summed E-state index contributed by atoms with van der Waals surface area (Å²) in [5.74, 6) is -3.12. The first-order valence-electron chi connectivity index (χ1n) is 15.1. The zero-order valence-corrected chi connectivity index (χ0v) is 13.8. The quantitative estimate of drug-likeness (QED) is 0.497. The number of carbonyl (C=O) groups is 2. The Bertz CT molecular complexity index is 1860. The maximum Gasteiger partial charge on any atom is 0.223 e. The number of hydrogen-bond donors (Lipinski definition) is 0. The van der Waals surface area contributed by atoms with Crippen LogP contribution in [0.2, 0.25) is 0 Å². The van der Waals surface area contributed by atoms with E-state index in [1.165, 1.54) is 0 Å². The predicted octanol–water partition coefficient (Wildman–Crippen LogP) is 3.67. The molecule has 3 aromatic heterocycles. The summed E-state index contributed by atoms with van der Waals surface area (Å²) >= 11 is 0.461. The molecule has 1 aromatic carbocycles. The summed E-state index contributed by atoms with van der Waals surface area (Å²) in [5, 5.41) is 3.40. The molecule has 4 rings (SSSR count). The van der Waals surface area contributed by atoms with Gasteiger partial charge in [0.1, 0.15) is 0 Å². The van der Waals surface area contributed by atoms with Crippen LogP contribution in [-0.2, 0) is 4.79 Å². The Hall–Kier alpha value is -3.32. The second-order valence-electron chi connectivity index (χ2n) is 4.90. The first-order chi connectivity index (χ1) is 19.6. The van der Waals surface area contributed by atoms with E-state index in [4.69, 9.17) is 21.9 Å². The monoisotopic (exact) mass is 392 g/mol. The molecule has 0 saturated carbocycles. The van der Waals surface area contributed by atoms with Crippen LogP contribution in [0.3, 0.4) is 0 Å². The van der Waals surface area contributed by atoms with Gasteiger partial charge in [-0.2, -0.15) is 5.10 Å². The number of thiophene rings is 1. The molecular weight excluding hydrogens is 360 g/mol. The van der Waals surface area contributed by atoms with Gasteiger partial charge in [-0.3, -0.25) is 9.59 Å². The smallest absolute Gasteiger partial charge is 0.223 e. The number of fused-ring (bicyclic) bond motifs is 1. The van der Waals surface area contributed by atoms with Crippen molar-refractivity contribution < 1.29 is 31.5 Å². The standard InChI is InChI=1S/C20H16N4O2S/c1-13(25)23(2)15-6-3-5-14(11-15)17-8-9-21-20-16(12-22-24(17)20)19(26)18-7-4-10-27-18/h3-12H,1-2H3/i1D3,2D3,3D,4D,5D,6D,7D,8D,9D,10D,11D,12D. The minimum atomic E-state index is -3.61. The minimum Gasteiger partial charge on any atom is -0.316 e. The van der Waals surface area contributed by atoms with Crippen molar-refractivity contribution in [1.29, 1.82) is 0 Å². The summed E-state index contributed by atoms with van der Waals surface area (Å²) in [7, 11) is 0. The second kappa shape index (κ2) is 6.77. The first kappa shape index (κ1) is 6.69. The summed E-state index contributed by atoms with van der Waals surface area (Å²) in [4.78, 5) is 29.1. The maximum atomic E-state index is 13.3. The van der Waals surface area contributed by atoms with Crippen molar-refractivity contribution in [3.05, 3.63) is 70.4 Å². The van der Waals surface area contributed by atoms with Crippen LogP contribution in [0.25, 0.3) is 16.9 Å². The van der Waals surface area contributed by atoms with Gasteiger partial charge < -0.3 is 4.90 Å². The molecule has 0 aliphatic heterocycles. The fourth-order valence-corrected chi connectivity index (χ4v) is 2.64. The van der Waals surface area contributed by atoms with E-state index in [0.717, 1.165) is 0 Å². The van der Waals surface area contributed by atoms with Crippen molar-refractivity contribution in [3.8, 4) is 11.3 Å². The number of benzene rings is 1. The van der Waals surface area contributed by atoms with Gasteiger partial charge in [-0.05, 0) is 29.5 Å². The van der Waals surface area contributed by atoms with Gasteiger partial charge in [0.25, 0.3) is 0 Å². The Kier molecular flexibility index (Phi) is 1.68. The molecule has 0 fully saturated rings. The van der Waals surface area contributed by atoms with Crippen LogP contribution in [0.1, 0.15) is 44.0 Å². The predicted molar refractivity (Wildman–Crippen MR) is 105 cm³/mol. The Balaban J connectivity index is 2.14. The molecule has 0 radical (unpaired) electrons. The molecule has 0 unspecified atom stereocenters. The van der Waals surface area contributed by atoms with E-state index in [2.05, 4.69) is 10.1 Å². The molecular formula is C20H16N4O2S. The highest BCUT2D eigenvalue weighted by Gasteiger charge is 2.18. The van der Waals surface area contributed by atoms with Crippen molar-refractivity contribution in [2.75, 3.05) is 11.9 Å². The molecule has 0 aliphatic rings. The topological polar surface area (TPSA) is 67.6 Å². The van der Waals surface area contributed by atoms with Gasteiger partial charge in [0.05, 0.1) is 36.0 Å². The summed E-state index contributed by atoms with van der Waals surface area (Å²) < 4.78 is 128. The second-order valence-corrected chi connectivity index (χ2v) is 5.71. The van der Waals surface area contributed by atoms with Crippen molar-refractivity contribution in [3.63, 3.8) is 0 Å². The number of ketones is 1. The highest BCUT2D eigenvalue weighted by molar-refractivity contribution is 7.12. The molecule has 3 heterocycles. The summed E-state index contributed by atoms with van der Waals surface area (Å²) in [6.45, 7) is -7.19. The lowest BCUT2D eigenvalue weighted by molar-refractivity contribution is -0.116. The number of carbonyl (C=O) groups excluding carboxylic acids is 2. The van der Waals surface area contributed by atoms with E-state index >= 15 is 0 Å². The third-order valence-electron chi connectivity index (χ3n) is 3.32. The van der Waals surface area contributed by atoms with E-state index in [9.17, 15) is 9.59 Å². The molecule has 0 aliphatic carbocycles. The molecule has 6 nitrogen and oxygen atoms in total. The zero-order chi connectivity index (χ0) is 32.7. The third kappa shape index (κ3) is 3.02. The van der Waals surface area contributed by atoms with E-state index in [-0.39, 0.29) is 4.90 Å². The zero-order valence-electron chi connectivity index (χ0n) is 29.0. The lowest BCUT2D eigenvalue weighted by Crippen LogP contribution is -2.22. The average Bonchev–Trinajstić information content (AvgIpc) is 3.35. The highest BCUT2D eigenvalue weighted by Crippen LogP contribution is 2.26. The van der Waals surface area contributed by atoms with Gasteiger partial charge in [-0.1, -0.05) is 18.1 Å². The van der Waals surface area contributed by atoms with Gasteiger partial charge in [0.2, 0.25) is 11.7 Å². The van der Waals surface area contributed by atoms with Gasteiger partial charge in [0.15, 0.2) is 5.65 Å². The Morgan fingerprint density at radius 2 is 2.19 bits per heavy atom. The molecule has 0 N–H and O–H groups in total. The Labute approximate surface area is 182 Å². The number of rotatable bonds is 4. The number of hydrogen-bond acceptors (Lipinski definition) is 5. The molecule has 0 saturated heterocycles. The Morgan fingerprint density at radius 3 is 2.96 bits per heavy atom. The number of amides is 1. The SMILES string of the molecule is [2H]c1nc2c(C(=O)c3sc([2H])c([2H])c3[2H])c([2H])nn2c(-c2c([2H])c([2H])c([2H])c(N(C(=O)C([2H])([2H])[2H])C([2H])([2H])[2H])c2[2H])c1[2H]. The van der Waals surface area contributed by atoms with E-state index in [1.807, 2.05) is 0 Å². The van der Waals surface area contributed by atoms with E-state index < -0.39 is 119 Å². The van der Waals surface area contributed by atoms with Crippen LogP contribution in [0.5, 0.6) is 0 Å². The Morgan fingerprint density at radius 1 is 1.26 bits per heavy atom. The summed E-state index contributed by atoms with van der Waals surface area (Å²) in [6.07, 6.45) is -1.75. The fourth-order valence-electron chi connectivity index (χ4n) is 2.14. The molecule has 0 spiro atoms. The molecule has 0 bridgehead atoms. The third-order valence-corrected chi connectivity index (χ3v) is 4.02. The first-order valence-corrected chi connectivity index (χ1v) is 7.87. The molecule has 7 heteroatoms.